The summed E-state index contributed by atoms with van der Waals surface area (Å²) in [6, 6.07) is 7.38. The van der Waals surface area contributed by atoms with Crippen LogP contribution in [0.1, 0.15) is 11.1 Å². The van der Waals surface area contributed by atoms with Gasteiger partial charge in [0.05, 0.1) is 11.1 Å². The molecule has 0 spiro atoms. The highest BCUT2D eigenvalue weighted by molar-refractivity contribution is 6.31. The number of aliphatic hydroxyl groups excluding tert-OH is 1. The highest BCUT2D eigenvalue weighted by Gasteiger charge is 2.13. The molecule has 0 aromatic heterocycles. The van der Waals surface area contributed by atoms with Gasteiger partial charge in [0.1, 0.15) is 17.5 Å². The van der Waals surface area contributed by atoms with Crippen molar-refractivity contribution in [2.45, 2.75) is 18.9 Å². The molecule has 0 aliphatic heterocycles. The van der Waals surface area contributed by atoms with Gasteiger partial charge in [0.25, 0.3) is 0 Å². The molecule has 0 amide bonds. The van der Waals surface area contributed by atoms with E-state index in [1.807, 2.05) is 0 Å². The second kappa shape index (κ2) is 6.29. The smallest absolute Gasteiger partial charge is 0.142 e. The zero-order valence-electron chi connectivity index (χ0n) is 10.4. The van der Waals surface area contributed by atoms with Gasteiger partial charge in [-0.2, -0.15) is 0 Å². The lowest BCUT2D eigenvalue weighted by molar-refractivity contribution is 0.175. The standard InChI is InChI=1S/C15H12ClF3O/c16-15-10(2-1-3-14(15)19)7-13(20)6-9-4-11(17)8-12(18)5-9/h1-5,8,13,20H,6-7H2. The van der Waals surface area contributed by atoms with E-state index in [1.54, 1.807) is 6.07 Å². The van der Waals surface area contributed by atoms with E-state index < -0.39 is 23.6 Å². The van der Waals surface area contributed by atoms with Crippen LogP contribution in [0.2, 0.25) is 5.02 Å². The topological polar surface area (TPSA) is 20.2 Å². The molecule has 0 fully saturated rings. The van der Waals surface area contributed by atoms with Crippen LogP contribution < -0.4 is 0 Å². The summed E-state index contributed by atoms with van der Waals surface area (Å²) in [6.45, 7) is 0. The van der Waals surface area contributed by atoms with Crippen LogP contribution in [-0.2, 0) is 12.8 Å². The summed E-state index contributed by atoms with van der Waals surface area (Å²) in [7, 11) is 0. The maximum atomic E-state index is 13.2. The lowest BCUT2D eigenvalue weighted by atomic mass is 10.0. The van der Waals surface area contributed by atoms with Gasteiger partial charge in [0.15, 0.2) is 0 Å². The van der Waals surface area contributed by atoms with Crippen molar-refractivity contribution in [3.8, 4) is 0 Å². The molecule has 2 aromatic carbocycles. The number of hydrogen-bond acceptors (Lipinski definition) is 1. The van der Waals surface area contributed by atoms with Gasteiger partial charge in [-0.1, -0.05) is 23.7 Å². The Kier molecular flexibility index (Phi) is 4.68. The van der Waals surface area contributed by atoms with Gasteiger partial charge < -0.3 is 5.11 Å². The number of benzene rings is 2. The largest absolute Gasteiger partial charge is 0.392 e. The van der Waals surface area contributed by atoms with Gasteiger partial charge in [-0.3, -0.25) is 0 Å². The second-order valence-electron chi connectivity index (χ2n) is 4.55. The minimum atomic E-state index is -0.907. The predicted octanol–water partition coefficient (Wildman–Crippen LogP) is 3.90. The summed E-state index contributed by atoms with van der Waals surface area (Å²) >= 11 is 5.78. The normalized spacial score (nSPS) is 12.4. The molecule has 5 heteroatoms. The second-order valence-corrected chi connectivity index (χ2v) is 4.93. The first-order valence-electron chi connectivity index (χ1n) is 6.01. The van der Waals surface area contributed by atoms with Gasteiger partial charge in [-0.25, -0.2) is 13.2 Å². The van der Waals surface area contributed by atoms with Crippen molar-refractivity contribution in [1.82, 2.24) is 0 Å². The summed E-state index contributed by atoms with van der Waals surface area (Å²) in [6.07, 6.45) is -0.744. The number of hydrogen-bond donors (Lipinski definition) is 1. The summed E-state index contributed by atoms with van der Waals surface area (Å²) in [5.41, 5.74) is 0.790. The van der Waals surface area contributed by atoms with Crippen LogP contribution >= 0.6 is 11.6 Å². The van der Waals surface area contributed by atoms with Crippen molar-refractivity contribution in [2.24, 2.45) is 0 Å². The van der Waals surface area contributed by atoms with Gasteiger partial charge in [-0.15, -0.1) is 0 Å². The number of aliphatic hydroxyl groups is 1. The highest BCUT2D eigenvalue weighted by atomic mass is 35.5. The molecule has 0 aliphatic rings. The van der Waals surface area contributed by atoms with Gasteiger partial charge >= 0.3 is 0 Å². The quantitative estimate of drug-likeness (QED) is 0.908. The fourth-order valence-corrected chi connectivity index (χ4v) is 2.24. The first kappa shape index (κ1) is 14.9. The molecule has 0 heterocycles. The molecule has 20 heavy (non-hydrogen) atoms. The Balaban J connectivity index is 2.09. The molecule has 1 unspecified atom stereocenters. The maximum Gasteiger partial charge on any atom is 0.142 e. The van der Waals surface area contributed by atoms with Crippen LogP contribution in [0.3, 0.4) is 0 Å². The highest BCUT2D eigenvalue weighted by Crippen LogP contribution is 2.22. The molecule has 0 saturated carbocycles. The summed E-state index contributed by atoms with van der Waals surface area (Å²) in [4.78, 5) is 0. The van der Waals surface area contributed by atoms with E-state index in [-0.39, 0.29) is 17.9 Å². The van der Waals surface area contributed by atoms with Gasteiger partial charge in [0.2, 0.25) is 0 Å². The summed E-state index contributed by atoms with van der Waals surface area (Å²) in [5, 5.41) is 9.88. The predicted molar refractivity (Wildman–Crippen MR) is 71.2 cm³/mol. The van der Waals surface area contributed by atoms with E-state index in [9.17, 15) is 18.3 Å². The summed E-state index contributed by atoms with van der Waals surface area (Å²) < 4.78 is 39.3. The van der Waals surface area contributed by atoms with Crippen LogP contribution in [0, 0.1) is 17.5 Å². The monoisotopic (exact) mass is 300 g/mol. The number of halogens is 4. The Labute approximate surface area is 119 Å². The molecule has 0 radical (unpaired) electrons. The SMILES string of the molecule is OC(Cc1cc(F)cc(F)c1)Cc1cccc(F)c1Cl. The first-order valence-corrected chi connectivity index (χ1v) is 6.39. The lowest BCUT2D eigenvalue weighted by Crippen LogP contribution is -2.14. The summed E-state index contributed by atoms with van der Waals surface area (Å²) in [5.74, 6) is -1.96. The Morgan fingerprint density at radius 3 is 2.30 bits per heavy atom. The molecule has 0 saturated heterocycles. The third-order valence-electron chi connectivity index (χ3n) is 2.88. The van der Waals surface area contributed by atoms with E-state index in [4.69, 9.17) is 11.6 Å². The van der Waals surface area contributed by atoms with Crippen molar-refractivity contribution >= 4 is 11.6 Å². The van der Waals surface area contributed by atoms with Crippen LogP contribution in [0.5, 0.6) is 0 Å². The minimum absolute atomic E-state index is 0.0445. The first-order chi connectivity index (χ1) is 9.45. The molecule has 2 aromatic rings. The fourth-order valence-electron chi connectivity index (χ4n) is 2.03. The van der Waals surface area contributed by atoms with Gasteiger partial charge in [0, 0.05) is 12.5 Å². The van der Waals surface area contributed by atoms with Crippen molar-refractivity contribution in [3.63, 3.8) is 0 Å². The van der Waals surface area contributed by atoms with Crippen molar-refractivity contribution in [2.75, 3.05) is 0 Å². The molecular formula is C15H12ClF3O. The number of rotatable bonds is 4. The molecule has 1 nitrogen and oxygen atoms in total. The molecule has 0 bridgehead atoms. The average Bonchev–Trinajstić information content (AvgIpc) is 2.33. The molecular weight excluding hydrogens is 289 g/mol. The Hall–Kier alpha value is -1.52. The van der Waals surface area contributed by atoms with Gasteiger partial charge in [-0.05, 0) is 35.7 Å². The zero-order valence-corrected chi connectivity index (χ0v) is 11.2. The van der Waals surface area contributed by atoms with Crippen LogP contribution in [0.15, 0.2) is 36.4 Å². The molecule has 2 rings (SSSR count). The Bertz CT molecular complexity index is 596. The molecule has 0 aliphatic carbocycles. The zero-order chi connectivity index (χ0) is 14.7. The van der Waals surface area contributed by atoms with Crippen LogP contribution in [-0.4, -0.2) is 11.2 Å². The third-order valence-corrected chi connectivity index (χ3v) is 3.30. The van der Waals surface area contributed by atoms with Crippen molar-refractivity contribution in [3.05, 3.63) is 70.0 Å². The van der Waals surface area contributed by atoms with Crippen molar-refractivity contribution in [1.29, 1.82) is 0 Å². The fraction of sp³-hybridized carbons (Fsp3) is 0.200. The van der Waals surface area contributed by atoms with Crippen molar-refractivity contribution < 1.29 is 18.3 Å². The van der Waals surface area contributed by atoms with Crippen LogP contribution in [0.25, 0.3) is 0 Å². The van der Waals surface area contributed by atoms with E-state index >= 15 is 0 Å². The molecule has 106 valence electrons. The van der Waals surface area contributed by atoms with E-state index in [0.29, 0.717) is 11.1 Å². The average molecular weight is 301 g/mol. The van der Waals surface area contributed by atoms with E-state index in [1.165, 1.54) is 12.1 Å². The Morgan fingerprint density at radius 2 is 1.65 bits per heavy atom. The molecule has 1 N–H and O–H groups in total. The van der Waals surface area contributed by atoms with E-state index in [2.05, 4.69) is 0 Å². The lowest BCUT2D eigenvalue weighted by Gasteiger charge is -2.12. The third kappa shape index (κ3) is 3.74. The Morgan fingerprint density at radius 1 is 1.00 bits per heavy atom. The van der Waals surface area contributed by atoms with Crippen LogP contribution in [0.4, 0.5) is 13.2 Å². The molecule has 1 atom stereocenters. The minimum Gasteiger partial charge on any atom is -0.392 e. The maximum absolute atomic E-state index is 13.2. The van der Waals surface area contributed by atoms with E-state index in [0.717, 1.165) is 18.2 Å².